The van der Waals surface area contributed by atoms with Crippen LogP contribution in [0.1, 0.15) is 52.0 Å². The molecule has 0 unspecified atom stereocenters. The van der Waals surface area contributed by atoms with E-state index in [4.69, 9.17) is 0 Å². The lowest BCUT2D eigenvalue weighted by molar-refractivity contribution is 0.530. The monoisotopic (exact) mass is 283 g/mol. The van der Waals surface area contributed by atoms with Gasteiger partial charge < -0.3 is 0 Å². The van der Waals surface area contributed by atoms with Gasteiger partial charge in [0.2, 0.25) is 10.0 Å². The summed E-state index contributed by atoms with van der Waals surface area (Å²) in [7, 11) is -3.37. The molecule has 0 fully saturated rings. The number of sulfonamides is 1. The van der Waals surface area contributed by atoms with Gasteiger partial charge in [0.15, 0.2) is 0 Å². The maximum Gasteiger partial charge on any atom is 0.240 e. The van der Waals surface area contributed by atoms with E-state index in [0.717, 1.165) is 32.1 Å². The Morgan fingerprint density at radius 2 is 1.63 bits per heavy atom. The predicted octanol–water partition coefficient (Wildman–Crippen LogP) is 3.50. The number of aryl methyl sites for hydroxylation is 1. The van der Waals surface area contributed by atoms with Crippen LogP contribution in [0.2, 0.25) is 0 Å². The van der Waals surface area contributed by atoms with Crippen molar-refractivity contribution in [1.82, 2.24) is 4.72 Å². The Bertz CT molecular complexity index is 461. The van der Waals surface area contributed by atoms with Crippen molar-refractivity contribution in [3.05, 3.63) is 29.8 Å². The van der Waals surface area contributed by atoms with Crippen LogP contribution in [-0.2, 0) is 16.4 Å². The van der Waals surface area contributed by atoms with E-state index in [1.54, 1.807) is 12.1 Å². The van der Waals surface area contributed by atoms with Crippen LogP contribution in [0.4, 0.5) is 0 Å². The van der Waals surface area contributed by atoms with Crippen molar-refractivity contribution in [2.24, 2.45) is 0 Å². The predicted molar refractivity (Wildman–Crippen MR) is 79.7 cm³/mol. The largest absolute Gasteiger partial charge is 0.240 e. The third-order valence-corrected chi connectivity index (χ3v) is 4.90. The van der Waals surface area contributed by atoms with Crippen molar-refractivity contribution in [2.75, 3.05) is 0 Å². The van der Waals surface area contributed by atoms with Crippen LogP contribution < -0.4 is 4.72 Å². The summed E-state index contributed by atoms with van der Waals surface area (Å²) in [4.78, 5) is 0.361. The summed E-state index contributed by atoms with van der Waals surface area (Å²) < 4.78 is 27.1. The molecule has 108 valence electrons. The molecule has 0 bridgehead atoms. The molecule has 0 aliphatic carbocycles. The fourth-order valence-electron chi connectivity index (χ4n) is 1.96. The second kappa shape index (κ2) is 7.65. The highest BCUT2D eigenvalue weighted by Crippen LogP contribution is 2.14. The lowest BCUT2D eigenvalue weighted by Crippen LogP contribution is -2.33. The number of rotatable bonds is 8. The molecule has 0 aromatic heterocycles. The molecule has 0 saturated heterocycles. The third-order valence-electron chi connectivity index (χ3n) is 3.36. The number of hydrogen-bond donors (Lipinski definition) is 1. The number of unbranched alkanes of at least 4 members (excludes halogenated alkanes) is 1. The van der Waals surface area contributed by atoms with E-state index in [0.29, 0.717) is 4.90 Å². The standard InChI is InChI=1S/C15H25NO2S/c1-4-7-8-13-9-11-15(12-10-13)19(17,18)16-14(5-2)6-3/h9-12,14,16H,4-8H2,1-3H3. The van der Waals surface area contributed by atoms with E-state index in [2.05, 4.69) is 11.6 Å². The zero-order chi connectivity index (χ0) is 14.3. The minimum Gasteiger partial charge on any atom is -0.208 e. The maximum atomic E-state index is 12.2. The molecular formula is C15H25NO2S. The van der Waals surface area contributed by atoms with E-state index < -0.39 is 10.0 Å². The average Bonchev–Trinajstić information content (AvgIpc) is 2.43. The van der Waals surface area contributed by atoms with E-state index in [-0.39, 0.29) is 6.04 Å². The summed E-state index contributed by atoms with van der Waals surface area (Å²) in [6.45, 7) is 6.13. The Morgan fingerprint density at radius 3 is 2.11 bits per heavy atom. The van der Waals surface area contributed by atoms with Crippen LogP contribution in [0.3, 0.4) is 0 Å². The number of nitrogens with one attached hydrogen (secondary N) is 1. The van der Waals surface area contributed by atoms with E-state index in [9.17, 15) is 8.42 Å². The minimum atomic E-state index is -3.37. The molecule has 1 rings (SSSR count). The summed E-state index contributed by atoms with van der Waals surface area (Å²) in [5, 5.41) is 0. The SMILES string of the molecule is CCCCc1ccc(S(=O)(=O)NC(CC)CC)cc1. The second-order valence-electron chi connectivity index (χ2n) is 4.88. The summed E-state index contributed by atoms with van der Waals surface area (Å²) >= 11 is 0. The van der Waals surface area contributed by atoms with Gasteiger partial charge in [-0.05, 0) is 43.4 Å². The summed E-state index contributed by atoms with van der Waals surface area (Å²) in [5.41, 5.74) is 1.20. The first-order chi connectivity index (χ1) is 9.03. The van der Waals surface area contributed by atoms with Crippen molar-refractivity contribution < 1.29 is 8.42 Å². The molecule has 0 radical (unpaired) electrons. The van der Waals surface area contributed by atoms with Crippen molar-refractivity contribution in [1.29, 1.82) is 0 Å². The van der Waals surface area contributed by atoms with E-state index >= 15 is 0 Å². The second-order valence-corrected chi connectivity index (χ2v) is 6.60. The third kappa shape index (κ3) is 4.96. The molecule has 1 N–H and O–H groups in total. The van der Waals surface area contributed by atoms with Gasteiger partial charge in [-0.1, -0.05) is 39.3 Å². The summed E-state index contributed by atoms with van der Waals surface area (Å²) in [6, 6.07) is 7.25. The van der Waals surface area contributed by atoms with Gasteiger partial charge in [-0.2, -0.15) is 0 Å². The van der Waals surface area contributed by atoms with E-state index in [1.807, 2.05) is 26.0 Å². The molecule has 0 amide bonds. The van der Waals surface area contributed by atoms with Gasteiger partial charge in [0, 0.05) is 6.04 Å². The van der Waals surface area contributed by atoms with Crippen LogP contribution >= 0.6 is 0 Å². The molecule has 1 aromatic carbocycles. The topological polar surface area (TPSA) is 46.2 Å². The van der Waals surface area contributed by atoms with Gasteiger partial charge in [-0.15, -0.1) is 0 Å². The molecule has 1 aromatic rings. The molecular weight excluding hydrogens is 258 g/mol. The Labute approximate surface area is 117 Å². The van der Waals surface area contributed by atoms with Crippen molar-refractivity contribution >= 4 is 10.0 Å². The Kier molecular flexibility index (Phi) is 6.52. The summed E-state index contributed by atoms with van der Waals surface area (Å²) in [6.07, 6.45) is 4.92. The molecule has 19 heavy (non-hydrogen) atoms. The number of hydrogen-bond acceptors (Lipinski definition) is 2. The Balaban J connectivity index is 2.78. The Morgan fingerprint density at radius 1 is 1.05 bits per heavy atom. The van der Waals surface area contributed by atoms with Gasteiger partial charge >= 0.3 is 0 Å². The van der Waals surface area contributed by atoms with Crippen LogP contribution in [0.5, 0.6) is 0 Å². The average molecular weight is 283 g/mol. The normalized spacial score (nSPS) is 12.0. The molecule has 0 atom stereocenters. The van der Waals surface area contributed by atoms with Gasteiger partial charge in [-0.3, -0.25) is 0 Å². The van der Waals surface area contributed by atoms with Crippen LogP contribution in [0.25, 0.3) is 0 Å². The van der Waals surface area contributed by atoms with Crippen LogP contribution in [0, 0.1) is 0 Å². The molecule has 4 heteroatoms. The zero-order valence-electron chi connectivity index (χ0n) is 12.1. The smallest absolute Gasteiger partial charge is 0.208 e. The van der Waals surface area contributed by atoms with Gasteiger partial charge in [0.1, 0.15) is 0 Å². The zero-order valence-corrected chi connectivity index (χ0v) is 13.0. The first-order valence-corrected chi connectivity index (χ1v) is 8.63. The highest BCUT2D eigenvalue weighted by Gasteiger charge is 2.17. The molecule has 0 heterocycles. The van der Waals surface area contributed by atoms with Crippen molar-refractivity contribution in [3.8, 4) is 0 Å². The first kappa shape index (κ1) is 16.2. The molecule has 0 saturated carbocycles. The first-order valence-electron chi connectivity index (χ1n) is 7.14. The van der Waals surface area contributed by atoms with Gasteiger partial charge in [0.05, 0.1) is 4.90 Å². The van der Waals surface area contributed by atoms with Gasteiger partial charge in [-0.25, -0.2) is 13.1 Å². The van der Waals surface area contributed by atoms with Crippen molar-refractivity contribution in [3.63, 3.8) is 0 Å². The molecule has 0 spiro atoms. The van der Waals surface area contributed by atoms with Crippen LogP contribution in [-0.4, -0.2) is 14.5 Å². The van der Waals surface area contributed by atoms with E-state index in [1.165, 1.54) is 5.56 Å². The molecule has 0 aliphatic rings. The molecule has 0 aliphatic heterocycles. The Hall–Kier alpha value is -0.870. The van der Waals surface area contributed by atoms with Gasteiger partial charge in [0.25, 0.3) is 0 Å². The number of benzene rings is 1. The lowest BCUT2D eigenvalue weighted by Gasteiger charge is -2.15. The molecule has 3 nitrogen and oxygen atoms in total. The van der Waals surface area contributed by atoms with Crippen molar-refractivity contribution in [2.45, 2.75) is 63.8 Å². The fourth-order valence-corrected chi connectivity index (χ4v) is 3.36. The highest BCUT2D eigenvalue weighted by molar-refractivity contribution is 7.89. The lowest BCUT2D eigenvalue weighted by atomic mass is 10.1. The fraction of sp³-hybridized carbons (Fsp3) is 0.600. The minimum absolute atomic E-state index is 0.0183. The maximum absolute atomic E-state index is 12.2. The summed E-state index contributed by atoms with van der Waals surface area (Å²) in [5.74, 6) is 0. The van der Waals surface area contributed by atoms with Crippen LogP contribution in [0.15, 0.2) is 29.2 Å². The highest BCUT2D eigenvalue weighted by atomic mass is 32.2. The quantitative estimate of drug-likeness (QED) is 0.793.